The van der Waals surface area contributed by atoms with Crippen LogP contribution in [0.2, 0.25) is 0 Å². The Labute approximate surface area is 153 Å². The molecule has 4 nitrogen and oxygen atoms in total. The number of rotatable bonds is 8. The van der Waals surface area contributed by atoms with E-state index in [1.165, 1.54) is 0 Å². The smallest absolute Gasteiger partial charge is 0 e. The summed E-state index contributed by atoms with van der Waals surface area (Å²) in [7, 11) is 0. The van der Waals surface area contributed by atoms with E-state index in [0.717, 1.165) is 51.4 Å². The molecule has 0 unspecified atom stereocenters. The molecule has 0 spiro atoms. The van der Waals surface area contributed by atoms with E-state index in [1.54, 1.807) is 0 Å². The number of unbranched alkanes of at least 4 members (excludes halogenated alkanes) is 4. The molecule has 0 aromatic carbocycles. The molecule has 0 bridgehead atoms. The summed E-state index contributed by atoms with van der Waals surface area (Å²) >= 11 is 0. The molecule has 0 fully saturated rings. The third-order valence-corrected chi connectivity index (χ3v) is 1.99. The predicted octanol–water partition coefficient (Wildman–Crippen LogP) is 0.206. The molecular formula is C16H36O4Pb-4. The molecule has 0 rings (SSSR count). The zero-order chi connectivity index (χ0) is 16.5. The molecule has 4 radical (unpaired) electrons. The van der Waals surface area contributed by atoms with Crippen LogP contribution in [0.25, 0.3) is 0 Å². The van der Waals surface area contributed by atoms with Crippen LogP contribution in [-0.2, 0) is 0 Å². The second-order valence-electron chi connectivity index (χ2n) is 4.23. The van der Waals surface area contributed by atoms with E-state index in [0.29, 0.717) is 0 Å². The average Bonchev–Trinajstić information content (AvgIpc) is 2.44. The molecule has 21 heavy (non-hydrogen) atoms. The Morgan fingerprint density at radius 1 is 0.429 bits per heavy atom. The maximum absolute atomic E-state index is 9.53. The summed E-state index contributed by atoms with van der Waals surface area (Å²) in [4.78, 5) is 0. The van der Waals surface area contributed by atoms with Crippen LogP contribution < -0.4 is 20.4 Å². The zero-order valence-corrected chi connectivity index (χ0v) is 18.5. The van der Waals surface area contributed by atoms with E-state index in [-0.39, 0.29) is 53.7 Å². The molecule has 0 aliphatic rings. The van der Waals surface area contributed by atoms with E-state index in [4.69, 9.17) is 0 Å². The molecule has 0 aromatic heterocycles. The Bertz CT molecular complexity index is 74.3. The van der Waals surface area contributed by atoms with Gasteiger partial charge < -0.3 is 20.4 Å². The van der Waals surface area contributed by atoms with Crippen molar-refractivity contribution in [2.75, 3.05) is 26.4 Å². The fraction of sp³-hybridized carbons (Fsp3) is 1.00. The van der Waals surface area contributed by atoms with Crippen molar-refractivity contribution in [1.82, 2.24) is 0 Å². The molecule has 0 aromatic rings. The molecule has 0 saturated carbocycles. The molecule has 0 heterocycles. The maximum atomic E-state index is 9.53. The fourth-order valence-corrected chi connectivity index (χ4v) is 0.577. The molecule has 0 aliphatic heterocycles. The van der Waals surface area contributed by atoms with Crippen LogP contribution in [0.5, 0.6) is 0 Å². The summed E-state index contributed by atoms with van der Waals surface area (Å²) in [5.74, 6) is 0. The van der Waals surface area contributed by atoms with Gasteiger partial charge in [0.25, 0.3) is 0 Å². The normalized spacial score (nSPS) is 8.00. The summed E-state index contributed by atoms with van der Waals surface area (Å²) < 4.78 is 0. The minimum atomic E-state index is 0. The van der Waals surface area contributed by atoms with Crippen LogP contribution >= 0.6 is 0 Å². The van der Waals surface area contributed by atoms with Crippen molar-refractivity contribution in [3.63, 3.8) is 0 Å². The van der Waals surface area contributed by atoms with Crippen LogP contribution in [0.15, 0.2) is 0 Å². The first-order valence-electron chi connectivity index (χ1n) is 7.98. The van der Waals surface area contributed by atoms with Crippen molar-refractivity contribution in [2.45, 2.75) is 79.1 Å². The Kier molecular flexibility index (Phi) is 79.2. The van der Waals surface area contributed by atoms with Gasteiger partial charge in [-0.15, -0.1) is 26.4 Å². The van der Waals surface area contributed by atoms with Crippen LogP contribution in [0.4, 0.5) is 0 Å². The largest absolute Gasteiger partial charge is 0.854 e. The third-order valence-electron chi connectivity index (χ3n) is 1.99. The Morgan fingerprint density at radius 3 is 0.571 bits per heavy atom. The van der Waals surface area contributed by atoms with Gasteiger partial charge in [0, 0.05) is 27.3 Å². The van der Waals surface area contributed by atoms with Gasteiger partial charge >= 0.3 is 0 Å². The van der Waals surface area contributed by atoms with Gasteiger partial charge in [-0.25, -0.2) is 0 Å². The summed E-state index contributed by atoms with van der Waals surface area (Å²) in [5.41, 5.74) is 0. The van der Waals surface area contributed by atoms with Crippen molar-refractivity contribution in [3.8, 4) is 0 Å². The predicted molar refractivity (Wildman–Crippen MR) is 84.9 cm³/mol. The van der Waals surface area contributed by atoms with Crippen molar-refractivity contribution in [2.24, 2.45) is 0 Å². The summed E-state index contributed by atoms with van der Waals surface area (Å²) in [6, 6.07) is 0. The molecule has 5 heteroatoms. The monoisotopic (exact) mass is 500 g/mol. The first-order valence-corrected chi connectivity index (χ1v) is 7.98. The van der Waals surface area contributed by atoms with Crippen LogP contribution in [0.1, 0.15) is 79.1 Å². The second kappa shape index (κ2) is 49.8. The van der Waals surface area contributed by atoms with E-state index >= 15 is 0 Å². The van der Waals surface area contributed by atoms with E-state index in [1.807, 2.05) is 27.7 Å². The quantitative estimate of drug-likeness (QED) is 0.446. The zero-order valence-electron chi connectivity index (χ0n) is 14.6. The molecule has 132 valence electrons. The number of hydrogen-bond acceptors (Lipinski definition) is 4. The minimum absolute atomic E-state index is 0. The molecule has 0 atom stereocenters. The van der Waals surface area contributed by atoms with Crippen LogP contribution in [-0.4, -0.2) is 53.7 Å². The van der Waals surface area contributed by atoms with Crippen LogP contribution in [0, 0.1) is 0 Å². The minimum Gasteiger partial charge on any atom is -0.854 e. The van der Waals surface area contributed by atoms with Gasteiger partial charge in [0.05, 0.1) is 0 Å². The summed E-state index contributed by atoms with van der Waals surface area (Å²) in [5, 5.41) is 38.1. The first kappa shape index (κ1) is 33.4. The van der Waals surface area contributed by atoms with Gasteiger partial charge in [0.15, 0.2) is 0 Å². The first-order chi connectivity index (χ1) is 9.66. The standard InChI is InChI=1S/4C4H9O.Pb/c4*1-2-3-4-5;/h4*2-4H2,1H3;/q4*-1;. The maximum Gasteiger partial charge on any atom is 0 e. The average molecular weight is 500 g/mol. The van der Waals surface area contributed by atoms with Gasteiger partial charge in [-0.3, -0.25) is 0 Å². The van der Waals surface area contributed by atoms with Gasteiger partial charge in [-0.2, -0.15) is 0 Å². The molecule has 0 aliphatic carbocycles. The van der Waals surface area contributed by atoms with Crippen molar-refractivity contribution < 1.29 is 20.4 Å². The van der Waals surface area contributed by atoms with Crippen molar-refractivity contribution >= 4 is 27.3 Å². The van der Waals surface area contributed by atoms with Crippen molar-refractivity contribution in [1.29, 1.82) is 0 Å². The second-order valence-corrected chi connectivity index (χ2v) is 4.23. The molecule has 0 amide bonds. The fourth-order valence-electron chi connectivity index (χ4n) is 0.577. The van der Waals surface area contributed by atoms with E-state index < -0.39 is 0 Å². The summed E-state index contributed by atoms with van der Waals surface area (Å²) in [6.45, 7) is 8.42. The van der Waals surface area contributed by atoms with Gasteiger partial charge in [-0.05, 0) is 0 Å². The molecule has 0 N–H and O–H groups in total. The molecular weight excluding hydrogens is 463 g/mol. The molecule has 0 saturated heterocycles. The number of hydrogen-bond donors (Lipinski definition) is 0. The SMILES string of the molecule is CCCC[O-].CCCC[O-].CCCC[O-].CCCC[O-].[Pb]. The third kappa shape index (κ3) is 95.2. The topological polar surface area (TPSA) is 92.2 Å². The Morgan fingerprint density at radius 2 is 0.571 bits per heavy atom. The van der Waals surface area contributed by atoms with E-state index in [2.05, 4.69) is 0 Å². The Hall–Kier alpha value is 0.762. The van der Waals surface area contributed by atoms with Crippen LogP contribution in [0.3, 0.4) is 0 Å². The van der Waals surface area contributed by atoms with E-state index in [9.17, 15) is 20.4 Å². The Balaban J connectivity index is -0.0000000533. The van der Waals surface area contributed by atoms with Gasteiger partial charge in [0.1, 0.15) is 0 Å². The summed E-state index contributed by atoms with van der Waals surface area (Å²) in [6.07, 6.45) is 7.46. The van der Waals surface area contributed by atoms with Gasteiger partial charge in [0.2, 0.25) is 0 Å². The van der Waals surface area contributed by atoms with Crippen molar-refractivity contribution in [3.05, 3.63) is 0 Å². The van der Waals surface area contributed by atoms with Gasteiger partial charge in [-0.1, -0.05) is 79.1 Å².